The van der Waals surface area contributed by atoms with Crippen molar-refractivity contribution in [2.24, 2.45) is 56.2 Å². The number of hydrogen-bond donors (Lipinski definition) is 0. The highest BCUT2D eigenvalue weighted by Gasteiger charge is 2.72. The van der Waals surface area contributed by atoms with Gasteiger partial charge in [-0.3, -0.25) is 14.4 Å². The molecule has 0 unspecified atom stereocenters. The van der Waals surface area contributed by atoms with E-state index in [1.807, 2.05) is 6.08 Å². The van der Waals surface area contributed by atoms with Crippen LogP contribution in [0.3, 0.4) is 0 Å². The summed E-state index contributed by atoms with van der Waals surface area (Å²) < 4.78 is 11.7. The predicted molar refractivity (Wildman–Crippen MR) is 152 cm³/mol. The molecule has 39 heavy (non-hydrogen) atoms. The minimum atomic E-state index is -0.593. The van der Waals surface area contributed by atoms with Gasteiger partial charge in [0.1, 0.15) is 6.10 Å². The lowest BCUT2D eigenvalue weighted by atomic mass is 9.33. The van der Waals surface area contributed by atoms with Crippen molar-refractivity contribution in [3.05, 3.63) is 11.6 Å². The fourth-order valence-corrected chi connectivity index (χ4v) is 11.2. The zero-order valence-electron chi connectivity index (χ0n) is 26.2. The standard InChI is InChI=1S/C34H52O5/c1-20-11-12-31(7)25-17-23(36)26-22-18-29(3,4)13-15-34(22,28(37)38-10)16-14-32(26,8)33(25,9)19-24(39-21(2)35)27(31)30(20,5)6/h17,20,22,24,26-27H,11-16,18-19H2,1-10H3/t20-,22-,24+,26-,27-,31+,32+,33+,34-/m0/s1. The number of ether oxygens (including phenoxy) is 2. The van der Waals surface area contributed by atoms with Crippen LogP contribution in [-0.4, -0.2) is 30.9 Å². The highest BCUT2D eigenvalue weighted by atomic mass is 16.5. The van der Waals surface area contributed by atoms with Crippen molar-refractivity contribution in [2.75, 3.05) is 7.11 Å². The third-order valence-corrected chi connectivity index (χ3v) is 13.7. The van der Waals surface area contributed by atoms with Crippen LogP contribution < -0.4 is 0 Å². The number of carbonyl (C=O) groups is 3. The van der Waals surface area contributed by atoms with E-state index in [0.29, 0.717) is 5.92 Å². The largest absolute Gasteiger partial charge is 0.469 e. The maximum atomic E-state index is 14.5. The molecule has 0 spiro atoms. The van der Waals surface area contributed by atoms with Gasteiger partial charge in [0.05, 0.1) is 12.5 Å². The lowest BCUT2D eigenvalue weighted by molar-refractivity contribution is -0.211. The van der Waals surface area contributed by atoms with Crippen LogP contribution in [0.1, 0.15) is 114 Å². The molecule has 5 aliphatic carbocycles. The average molecular weight is 541 g/mol. The topological polar surface area (TPSA) is 69.7 Å². The van der Waals surface area contributed by atoms with Gasteiger partial charge in [-0.2, -0.15) is 0 Å². The maximum absolute atomic E-state index is 14.5. The molecule has 0 radical (unpaired) electrons. The number of allylic oxidation sites excluding steroid dienone is 2. The second kappa shape index (κ2) is 8.68. The zero-order valence-corrected chi connectivity index (χ0v) is 26.2. The Kier molecular flexibility index (Phi) is 6.42. The van der Waals surface area contributed by atoms with Gasteiger partial charge in [0.15, 0.2) is 5.78 Å². The van der Waals surface area contributed by atoms with E-state index in [1.165, 1.54) is 19.6 Å². The van der Waals surface area contributed by atoms with Gasteiger partial charge in [-0.05, 0) is 96.4 Å². The maximum Gasteiger partial charge on any atom is 0.312 e. The fourth-order valence-electron chi connectivity index (χ4n) is 11.2. The Bertz CT molecular complexity index is 1120. The van der Waals surface area contributed by atoms with Gasteiger partial charge in [0.2, 0.25) is 0 Å². The van der Waals surface area contributed by atoms with Gasteiger partial charge in [0.25, 0.3) is 0 Å². The monoisotopic (exact) mass is 540 g/mol. The first-order chi connectivity index (χ1) is 17.9. The van der Waals surface area contributed by atoms with E-state index in [2.05, 4.69) is 55.4 Å². The Balaban J connectivity index is 1.70. The van der Waals surface area contributed by atoms with Crippen LogP contribution in [0.4, 0.5) is 0 Å². The molecule has 5 heteroatoms. The lowest BCUT2D eigenvalue weighted by Crippen LogP contribution is -2.68. The summed E-state index contributed by atoms with van der Waals surface area (Å²) in [6.45, 7) is 20.1. The number of rotatable bonds is 2. The van der Waals surface area contributed by atoms with Crippen LogP contribution in [-0.2, 0) is 23.9 Å². The summed E-state index contributed by atoms with van der Waals surface area (Å²) in [4.78, 5) is 40.6. The molecule has 9 atom stereocenters. The summed E-state index contributed by atoms with van der Waals surface area (Å²) in [6.07, 6.45) is 8.82. The molecule has 4 fully saturated rings. The Labute approximate surface area is 236 Å². The molecule has 0 N–H and O–H groups in total. The minimum Gasteiger partial charge on any atom is -0.469 e. The fraction of sp³-hybridized carbons (Fsp3) is 0.853. The molecule has 5 aliphatic rings. The third kappa shape index (κ3) is 3.72. The molecule has 0 saturated heterocycles. The quantitative estimate of drug-likeness (QED) is 0.343. The lowest BCUT2D eigenvalue weighted by Gasteiger charge is -2.71. The van der Waals surface area contributed by atoms with E-state index in [-0.39, 0.29) is 68.7 Å². The molecule has 5 nitrogen and oxygen atoms in total. The Morgan fingerprint density at radius 1 is 0.923 bits per heavy atom. The normalized spacial score (nSPS) is 47.9. The van der Waals surface area contributed by atoms with E-state index in [1.54, 1.807) is 0 Å². The first kappa shape index (κ1) is 28.9. The molecule has 218 valence electrons. The van der Waals surface area contributed by atoms with Crippen LogP contribution >= 0.6 is 0 Å². The Morgan fingerprint density at radius 3 is 2.18 bits per heavy atom. The molecule has 4 saturated carbocycles. The van der Waals surface area contributed by atoms with Gasteiger partial charge in [0, 0.05) is 18.8 Å². The molecular formula is C34H52O5. The minimum absolute atomic E-state index is 0.0317. The molecule has 0 bridgehead atoms. The highest BCUT2D eigenvalue weighted by molar-refractivity contribution is 5.96. The van der Waals surface area contributed by atoms with E-state index >= 15 is 0 Å². The number of methoxy groups -OCH3 is 1. The van der Waals surface area contributed by atoms with Crippen molar-refractivity contribution in [1.82, 2.24) is 0 Å². The van der Waals surface area contributed by atoms with Crippen LogP contribution in [0.5, 0.6) is 0 Å². The van der Waals surface area contributed by atoms with Crippen LogP contribution in [0.15, 0.2) is 11.6 Å². The number of carbonyl (C=O) groups excluding carboxylic acids is 3. The van der Waals surface area contributed by atoms with Crippen LogP contribution in [0.25, 0.3) is 0 Å². The summed E-state index contributed by atoms with van der Waals surface area (Å²) in [5, 5.41) is 0. The Hall–Kier alpha value is -1.65. The molecule has 0 heterocycles. The second-order valence-electron chi connectivity index (χ2n) is 16.3. The average Bonchev–Trinajstić information content (AvgIpc) is 2.82. The van der Waals surface area contributed by atoms with Gasteiger partial charge >= 0.3 is 11.9 Å². The van der Waals surface area contributed by atoms with E-state index in [9.17, 15) is 14.4 Å². The van der Waals surface area contributed by atoms with Crippen LogP contribution in [0, 0.1) is 56.2 Å². The smallest absolute Gasteiger partial charge is 0.312 e. The second-order valence-corrected chi connectivity index (χ2v) is 16.3. The first-order valence-corrected chi connectivity index (χ1v) is 15.4. The molecule has 0 aromatic carbocycles. The van der Waals surface area contributed by atoms with Crippen molar-refractivity contribution in [2.45, 2.75) is 120 Å². The summed E-state index contributed by atoms with van der Waals surface area (Å²) >= 11 is 0. The summed E-state index contributed by atoms with van der Waals surface area (Å²) in [7, 11) is 1.50. The summed E-state index contributed by atoms with van der Waals surface area (Å²) in [6, 6.07) is 0. The molecular weight excluding hydrogens is 488 g/mol. The molecule has 5 rings (SSSR count). The van der Waals surface area contributed by atoms with Gasteiger partial charge in [-0.1, -0.05) is 61.0 Å². The number of fused-ring (bicyclic) bond motifs is 7. The SMILES string of the molecule is COC(=O)[C@]12CCC(C)(C)C[C@H]1[C@H]1C(=O)C=C3[C@@]4(C)CC[C@H](C)C(C)(C)[C@@H]4[C@H](OC(C)=O)C[C@@]3(C)[C@]1(C)CC2. The summed E-state index contributed by atoms with van der Waals surface area (Å²) in [5.41, 5.74) is -0.136. The van der Waals surface area contributed by atoms with Gasteiger partial charge in [-0.25, -0.2) is 0 Å². The van der Waals surface area contributed by atoms with Crippen molar-refractivity contribution < 1.29 is 23.9 Å². The number of hydrogen-bond acceptors (Lipinski definition) is 5. The molecule has 0 aromatic rings. The molecule has 0 amide bonds. The van der Waals surface area contributed by atoms with Gasteiger partial charge < -0.3 is 9.47 Å². The summed E-state index contributed by atoms with van der Waals surface area (Å²) in [5.74, 6) is 0.223. The molecule has 0 aliphatic heterocycles. The van der Waals surface area contributed by atoms with Gasteiger partial charge in [-0.15, -0.1) is 0 Å². The number of ketones is 1. The van der Waals surface area contributed by atoms with Crippen molar-refractivity contribution >= 4 is 17.7 Å². The van der Waals surface area contributed by atoms with Crippen molar-refractivity contribution in [1.29, 1.82) is 0 Å². The highest BCUT2D eigenvalue weighted by Crippen LogP contribution is 2.75. The van der Waals surface area contributed by atoms with E-state index < -0.39 is 5.41 Å². The van der Waals surface area contributed by atoms with Crippen LogP contribution in [0.2, 0.25) is 0 Å². The van der Waals surface area contributed by atoms with E-state index in [0.717, 1.165) is 51.4 Å². The first-order valence-electron chi connectivity index (χ1n) is 15.4. The number of esters is 2. The molecule has 0 aromatic heterocycles. The van der Waals surface area contributed by atoms with E-state index in [4.69, 9.17) is 9.47 Å². The van der Waals surface area contributed by atoms with Crippen molar-refractivity contribution in [3.63, 3.8) is 0 Å². The van der Waals surface area contributed by atoms with Crippen molar-refractivity contribution in [3.8, 4) is 0 Å². The predicted octanol–water partition coefficient (Wildman–Crippen LogP) is 7.32. The third-order valence-electron chi connectivity index (χ3n) is 13.7. The zero-order chi connectivity index (χ0) is 29.0. The Morgan fingerprint density at radius 2 is 1.56 bits per heavy atom.